The number of nitro benzene ring substituents is 1. The monoisotopic (exact) mass is 395 g/mol. The first kappa shape index (κ1) is 18.3. The van der Waals surface area contributed by atoms with E-state index in [0.29, 0.717) is 6.42 Å². The molecule has 142 valence electrons. The highest BCUT2D eigenvalue weighted by Gasteiger charge is 2.40. The summed E-state index contributed by atoms with van der Waals surface area (Å²) in [7, 11) is -4.11. The Kier molecular flexibility index (Phi) is 4.66. The van der Waals surface area contributed by atoms with E-state index in [0.717, 1.165) is 16.7 Å². The van der Waals surface area contributed by atoms with Crippen LogP contribution in [0.2, 0.25) is 0 Å². The van der Waals surface area contributed by atoms with Crippen LogP contribution in [-0.2, 0) is 16.4 Å². The minimum atomic E-state index is -4.11. The average molecular weight is 395 g/mol. The normalized spacial score (nSPS) is 17.1. The zero-order chi connectivity index (χ0) is 19.7. The van der Waals surface area contributed by atoms with Gasteiger partial charge in [-0.15, -0.1) is 0 Å². The van der Waals surface area contributed by atoms with Crippen molar-refractivity contribution in [3.8, 4) is 0 Å². The predicted molar refractivity (Wildman–Crippen MR) is 103 cm³/mol. The summed E-state index contributed by atoms with van der Waals surface area (Å²) in [5.74, 6) is 0. The molecule has 0 amide bonds. The second kappa shape index (κ2) is 7.14. The van der Waals surface area contributed by atoms with Crippen molar-refractivity contribution >= 4 is 15.7 Å². The van der Waals surface area contributed by atoms with Crippen molar-refractivity contribution in [3.63, 3.8) is 0 Å². The maximum atomic E-state index is 13.5. The highest BCUT2D eigenvalue weighted by atomic mass is 32.2. The molecule has 4 rings (SSSR count). The molecule has 0 spiro atoms. The minimum absolute atomic E-state index is 0.235. The van der Waals surface area contributed by atoms with Gasteiger partial charge in [-0.25, -0.2) is 8.42 Å². The highest BCUT2D eigenvalue weighted by molar-refractivity contribution is 7.89. The van der Waals surface area contributed by atoms with E-state index in [2.05, 4.69) is 4.98 Å². The van der Waals surface area contributed by atoms with Gasteiger partial charge in [0.2, 0.25) is 0 Å². The maximum absolute atomic E-state index is 13.5. The summed E-state index contributed by atoms with van der Waals surface area (Å²) in [5.41, 5.74) is 2.29. The van der Waals surface area contributed by atoms with Crippen molar-refractivity contribution in [2.45, 2.75) is 17.4 Å². The van der Waals surface area contributed by atoms with E-state index in [9.17, 15) is 18.5 Å². The summed E-state index contributed by atoms with van der Waals surface area (Å²) in [6, 6.07) is 16.1. The van der Waals surface area contributed by atoms with E-state index in [1.165, 1.54) is 28.6 Å². The van der Waals surface area contributed by atoms with Gasteiger partial charge >= 0.3 is 0 Å². The van der Waals surface area contributed by atoms with Crippen molar-refractivity contribution in [3.05, 3.63) is 99.9 Å². The fourth-order valence-electron chi connectivity index (χ4n) is 3.65. The lowest BCUT2D eigenvalue weighted by atomic mass is 9.90. The molecule has 0 bridgehead atoms. The lowest BCUT2D eigenvalue weighted by Crippen LogP contribution is -2.40. The Bertz CT molecular complexity index is 1130. The third-order valence-electron chi connectivity index (χ3n) is 4.91. The molecule has 2 aromatic carbocycles. The summed E-state index contributed by atoms with van der Waals surface area (Å²) in [6.45, 7) is 0.235. The summed E-state index contributed by atoms with van der Waals surface area (Å²) >= 11 is 0. The van der Waals surface area contributed by atoms with Crippen LogP contribution in [-0.4, -0.2) is 29.2 Å². The molecule has 1 aromatic heterocycles. The molecule has 0 saturated carbocycles. The third kappa shape index (κ3) is 3.06. The van der Waals surface area contributed by atoms with Crippen molar-refractivity contribution in [1.82, 2.24) is 9.29 Å². The van der Waals surface area contributed by atoms with Gasteiger partial charge in [0, 0.05) is 25.0 Å². The Morgan fingerprint density at radius 3 is 2.43 bits per heavy atom. The van der Waals surface area contributed by atoms with Gasteiger partial charge < -0.3 is 0 Å². The Hall–Kier alpha value is -3.10. The fourth-order valence-corrected chi connectivity index (χ4v) is 5.40. The topological polar surface area (TPSA) is 93.4 Å². The lowest BCUT2D eigenvalue weighted by Gasteiger charge is -2.36. The van der Waals surface area contributed by atoms with Crippen molar-refractivity contribution in [1.29, 1.82) is 0 Å². The summed E-state index contributed by atoms with van der Waals surface area (Å²) in [6.07, 6.45) is 3.77. The molecule has 8 heteroatoms. The second-order valence-corrected chi connectivity index (χ2v) is 8.33. The molecule has 2 heterocycles. The number of aromatic nitrogens is 1. The first-order chi connectivity index (χ1) is 13.5. The number of pyridine rings is 1. The number of fused-ring (bicyclic) bond motifs is 1. The first-order valence-corrected chi connectivity index (χ1v) is 10.2. The van der Waals surface area contributed by atoms with Gasteiger partial charge in [0.05, 0.1) is 11.0 Å². The molecule has 0 radical (unpaired) electrons. The number of nitro groups is 1. The van der Waals surface area contributed by atoms with Crippen molar-refractivity contribution in [2.75, 3.05) is 6.54 Å². The highest BCUT2D eigenvalue weighted by Crippen LogP contribution is 2.39. The van der Waals surface area contributed by atoms with E-state index in [4.69, 9.17) is 0 Å². The molecule has 0 saturated heterocycles. The number of benzene rings is 2. The molecule has 3 aromatic rings. The quantitative estimate of drug-likeness (QED) is 0.499. The summed E-state index contributed by atoms with van der Waals surface area (Å²) in [4.78, 5) is 14.5. The zero-order valence-corrected chi connectivity index (χ0v) is 15.6. The van der Waals surface area contributed by atoms with Gasteiger partial charge in [0.15, 0.2) is 4.90 Å². The molecular weight excluding hydrogens is 378 g/mol. The molecule has 28 heavy (non-hydrogen) atoms. The van der Waals surface area contributed by atoms with E-state index in [1.54, 1.807) is 24.5 Å². The van der Waals surface area contributed by atoms with E-state index in [-0.39, 0.29) is 11.4 Å². The number of hydrogen-bond donors (Lipinski definition) is 0. The average Bonchev–Trinajstić information content (AvgIpc) is 2.73. The van der Waals surface area contributed by atoms with Crippen LogP contribution in [0.5, 0.6) is 0 Å². The van der Waals surface area contributed by atoms with Crippen LogP contribution in [0.25, 0.3) is 0 Å². The van der Waals surface area contributed by atoms with Gasteiger partial charge in [0.25, 0.3) is 15.7 Å². The van der Waals surface area contributed by atoms with E-state index in [1.807, 2.05) is 24.3 Å². The second-order valence-electron chi connectivity index (χ2n) is 6.47. The van der Waals surface area contributed by atoms with Crippen molar-refractivity contribution in [2.24, 2.45) is 0 Å². The molecule has 1 unspecified atom stereocenters. The number of nitrogens with zero attached hydrogens (tertiary/aromatic N) is 3. The third-order valence-corrected chi connectivity index (χ3v) is 6.82. The van der Waals surface area contributed by atoms with E-state index < -0.39 is 26.7 Å². The Labute approximate surface area is 162 Å². The molecule has 0 aliphatic carbocycles. The van der Waals surface area contributed by atoms with Gasteiger partial charge in [-0.05, 0) is 41.3 Å². The number of rotatable bonds is 4. The number of para-hydroxylation sites is 1. The largest absolute Gasteiger partial charge is 0.289 e. The van der Waals surface area contributed by atoms with Crippen LogP contribution in [0.3, 0.4) is 0 Å². The number of sulfonamides is 1. The van der Waals surface area contributed by atoms with Crippen LogP contribution in [0.4, 0.5) is 5.69 Å². The minimum Gasteiger partial charge on any atom is -0.265 e. The van der Waals surface area contributed by atoms with Crippen LogP contribution < -0.4 is 0 Å². The predicted octanol–water partition coefficient (Wildman–Crippen LogP) is 3.33. The first-order valence-electron chi connectivity index (χ1n) is 8.73. The number of hydrogen-bond acceptors (Lipinski definition) is 5. The van der Waals surface area contributed by atoms with Crippen LogP contribution in [0.15, 0.2) is 78.0 Å². The van der Waals surface area contributed by atoms with Crippen LogP contribution >= 0.6 is 0 Å². The van der Waals surface area contributed by atoms with Gasteiger partial charge in [-0.3, -0.25) is 15.1 Å². The zero-order valence-electron chi connectivity index (χ0n) is 14.8. The molecular formula is C20H17N3O4S. The van der Waals surface area contributed by atoms with Crippen molar-refractivity contribution < 1.29 is 13.3 Å². The van der Waals surface area contributed by atoms with Crippen LogP contribution in [0.1, 0.15) is 22.7 Å². The molecule has 1 atom stereocenters. The smallest absolute Gasteiger partial charge is 0.265 e. The standard InChI is InChI=1S/C20H17N3O4S/c24-23(25)18-7-3-4-8-19(18)28(26,27)22-14-11-15-5-1-2-6-17(15)20(22)16-9-12-21-13-10-16/h1-10,12-13,20H,11,14H2. The van der Waals surface area contributed by atoms with E-state index >= 15 is 0 Å². The Morgan fingerprint density at radius 1 is 1.00 bits per heavy atom. The Balaban J connectivity index is 1.90. The Morgan fingerprint density at radius 2 is 1.68 bits per heavy atom. The van der Waals surface area contributed by atoms with Crippen LogP contribution in [0, 0.1) is 10.1 Å². The molecule has 0 N–H and O–H groups in total. The fraction of sp³-hybridized carbons (Fsp3) is 0.150. The molecule has 0 fully saturated rings. The van der Waals surface area contributed by atoms with Gasteiger partial charge in [0.1, 0.15) is 0 Å². The summed E-state index contributed by atoms with van der Waals surface area (Å²) < 4.78 is 28.4. The maximum Gasteiger partial charge on any atom is 0.289 e. The SMILES string of the molecule is O=[N+]([O-])c1ccccc1S(=O)(=O)N1CCc2ccccc2C1c1ccncc1. The molecule has 7 nitrogen and oxygen atoms in total. The lowest BCUT2D eigenvalue weighted by molar-refractivity contribution is -0.387. The molecule has 1 aliphatic rings. The summed E-state index contributed by atoms with van der Waals surface area (Å²) in [5, 5.41) is 11.4. The van der Waals surface area contributed by atoms with Gasteiger partial charge in [-0.1, -0.05) is 36.4 Å². The molecule has 1 aliphatic heterocycles. The van der Waals surface area contributed by atoms with Gasteiger partial charge in [-0.2, -0.15) is 4.31 Å².